The molecule has 0 spiro atoms. The van der Waals surface area contributed by atoms with E-state index in [0.29, 0.717) is 24.0 Å². The summed E-state index contributed by atoms with van der Waals surface area (Å²) in [7, 11) is 3.25. The van der Waals surface area contributed by atoms with Crippen LogP contribution in [-0.2, 0) is 11.3 Å². The molecule has 1 atom stereocenters. The summed E-state index contributed by atoms with van der Waals surface area (Å²) >= 11 is 5.66. The first-order chi connectivity index (χ1) is 12.7. The second-order valence-corrected chi connectivity index (χ2v) is 6.48. The molecule has 1 saturated heterocycles. The van der Waals surface area contributed by atoms with E-state index in [9.17, 15) is 0 Å². The summed E-state index contributed by atoms with van der Waals surface area (Å²) in [6.07, 6.45) is 3.99. The van der Waals surface area contributed by atoms with Crippen LogP contribution in [0.15, 0.2) is 41.0 Å². The predicted octanol–water partition coefficient (Wildman–Crippen LogP) is 3.67. The van der Waals surface area contributed by atoms with Gasteiger partial charge < -0.3 is 28.8 Å². The van der Waals surface area contributed by atoms with E-state index >= 15 is 0 Å². The van der Waals surface area contributed by atoms with Crippen molar-refractivity contribution in [3.05, 3.63) is 42.4 Å². The van der Waals surface area contributed by atoms with E-state index in [1.807, 2.05) is 30.3 Å². The third kappa shape index (κ3) is 4.68. The number of methoxy groups -OCH3 is 2. The van der Waals surface area contributed by atoms with E-state index in [4.69, 9.17) is 30.8 Å². The molecule has 1 aromatic carbocycles. The van der Waals surface area contributed by atoms with Crippen molar-refractivity contribution in [1.29, 1.82) is 0 Å². The van der Waals surface area contributed by atoms with Crippen LogP contribution in [0.2, 0.25) is 0 Å². The maximum Gasteiger partial charge on any atom is 0.174 e. The van der Waals surface area contributed by atoms with Crippen molar-refractivity contribution >= 4 is 23.0 Å². The second-order valence-electron chi connectivity index (χ2n) is 6.09. The molecular formula is C19H24N2O4S. The van der Waals surface area contributed by atoms with E-state index < -0.39 is 0 Å². The van der Waals surface area contributed by atoms with Gasteiger partial charge in [-0.15, -0.1) is 0 Å². The number of ether oxygens (including phenoxy) is 3. The molecule has 0 amide bonds. The maximum absolute atomic E-state index is 5.78. The van der Waals surface area contributed by atoms with E-state index in [2.05, 4.69) is 10.2 Å². The van der Waals surface area contributed by atoms with Gasteiger partial charge in [0, 0.05) is 19.2 Å². The largest absolute Gasteiger partial charge is 0.497 e. The van der Waals surface area contributed by atoms with Gasteiger partial charge in [0.25, 0.3) is 0 Å². The van der Waals surface area contributed by atoms with E-state index in [1.165, 1.54) is 0 Å². The highest BCUT2D eigenvalue weighted by molar-refractivity contribution is 7.80. The molecule has 1 fully saturated rings. The standard InChI is InChI=1S/C19H24N2O4S/c1-22-14-7-8-17(18(11-14)23-2)20-19(26)21(12-15-5-3-9-24-15)13-16-6-4-10-25-16/h3,5,7-9,11,16H,4,6,10,12-13H2,1-2H3,(H,20,26). The zero-order chi connectivity index (χ0) is 18.4. The SMILES string of the molecule is COc1ccc(NC(=S)N(Cc2ccco2)CC2CCCO2)c(OC)c1. The van der Waals surface area contributed by atoms with Gasteiger partial charge in [-0.05, 0) is 49.3 Å². The van der Waals surface area contributed by atoms with Crippen molar-refractivity contribution in [2.24, 2.45) is 0 Å². The highest BCUT2D eigenvalue weighted by Crippen LogP contribution is 2.29. The molecule has 6 nitrogen and oxygen atoms in total. The molecule has 0 aliphatic carbocycles. The van der Waals surface area contributed by atoms with Crippen LogP contribution in [0.25, 0.3) is 0 Å². The van der Waals surface area contributed by atoms with Crippen LogP contribution >= 0.6 is 12.2 Å². The van der Waals surface area contributed by atoms with Gasteiger partial charge in [-0.2, -0.15) is 0 Å². The van der Waals surface area contributed by atoms with Gasteiger partial charge in [-0.25, -0.2) is 0 Å². The highest BCUT2D eigenvalue weighted by Gasteiger charge is 2.22. The lowest BCUT2D eigenvalue weighted by Crippen LogP contribution is -2.39. The Morgan fingerprint density at radius 2 is 2.19 bits per heavy atom. The number of hydrogen-bond donors (Lipinski definition) is 1. The molecule has 1 aromatic heterocycles. The molecule has 2 aromatic rings. The molecule has 2 heterocycles. The van der Waals surface area contributed by atoms with Crippen LogP contribution in [0, 0.1) is 0 Å². The molecule has 140 valence electrons. The summed E-state index contributed by atoms with van der Waals surface area (Å²) in [5.41, 5.74) is 0.787. The Morgan fingerprint density at radius 1 is 1.31 bits per heavy atom. The second kappa shape index (κ2) is 8.91. The van der Waals surface area contributed by atoms with Crippen molar-refractivity contribution in [2.45, 2.75) is 25.5 Å². The van der Waals surface area contributed by atoms with Crippen molar-refractivity contribution < 1.29 is 18.6 Å². The maximum atomic E-state index is 5.78. The molecule has 1 aliphatic heterocycles. The van der Waals surface area contributed by atoms with Crippen molar-refractivity contribution in [3.63, 3.8) is 0 Å². The van der Waals surface area contributed by atoms with Gasteiger partial charge in [0.2, 0.25) is 0 Å². The fourth-order valence-electron chi connectivity index (χ4n) is 2.94. The molecule has 0 bridgehead atoms. The lowest BCUT2D eigenvalue weighted by Gasteiger charge is -2.28. The summed E-state index contributed by atoms with van der Waals surface area (Å²) in [5, 5.41) is 3.88. The zero-order valence-electron chi connectivity index (χ0n) is 15.1. The normalized spacial score (nSPS) is 16.3. The Bertz CT molecular complexity index is 714. The summed E-state index contributed by atoms with van der Waals surface area (Å²) in [6.45, 7) is 2.11. The number of hydrogen-bond acceptors (Lipinski definition) is 5. The van der Waals surface area contributed by atoms with Crippen LogP contribution in [0.4, 0.5) is 5.69 Å². The number of anilines is 1. The first-order valence-corrected chi connectivity index (χ1v) is 9.02. The molecule has 7 heteroatoms. The highest BCUT2D eigenvalue weighted by atomic mass is 32.1. The van der Waals surface area contributed by atoms with E-state index in [-0.39, 0.29) is 6.10 Å². The number of nitrogens with one attached hydrogen (secondary N) is 1. The Labute approximate surface area is 159 Å². The molecule has 3 rings (SSSR count). The average molecular weight is 376 g/mol. The summed E-state index contributed by atoms with van der Waals surface area (Å²) in [5.74, 6) is 2.25. The molecule has 1 aliphatic rings. The van der Waals surface area contributed by atoms with Crippen LogP contribution in [0.5, 0.6) is 11.5 Å². The molecule has 1 N–H and O–H groups in total. The van der Waals surface area contributed by atoms with Gasteiger partial charge in [0.15, 0.2) is 5.11 Å². The van der Waals surface area contributed by atoms with Crippen LogP contribution in [0.1, 0.15) is 18.6 Å². The number of benzene rings is 1. The number of nitrogens with zero attached hydrogens (tertiary/aromatic N) is 1. The fourth-order valence-corrected chi connectivity index (χ4v) is 3.19. The van der Waals surface area contributed by atoms with Gasteiger partial charge in [-0.1, -0.05) is 0 Å². The first kappa shape index (κ1) is 18.5. The summed E-state index contributed by atoms with van der Waals surface area (Å²) in [6, 6.07) is 9.40. The Morgan fingerprint density at radius 3 is 2.85 bits per heavy atom. The average Bonchev–Trinajstić information content (AvgIpc) is 3.35. The minimum Gasteiger partial charge on any atom is -0.497 e. The monoisotopic (exact) mass is 376 g/mol. The zero-order valence-corrected chi connectivity index (χ0v) is 15.9. The topological polar surface area (TPSA) is 56.1 Å². The lowest BCUT2D eigenvalue weighted by atomic mass is 10.2. The minimum atomic E-state index is 0.183. The number of thiocarbonyl (C=S) groups is 1. The quantitative estimate of drug-likeness (QED) is 0.740. The minimum absolute atomic E-state index is 0.183. The first-order valence-electron chi connectivity index (χ1n) is 8.61. The van der Waals surface area contributed by atoms with Gasteiger partial charge in [0.05, 0.1) is 38.8 Å². The van der Waals surface area contributed by atoms with Crippen LogP contribution in [-0.4, -0.2) is 43.5 Å². The lowest BCUT2D eigenvalue weighted by molar-refractivity contribution is 0.0892. The Kier molecular flexibility index (Phi) is 6.35. The van der Waals surface area contributed by atoms with Crippen LogP contribution < -0.4 is 14.8 Å². The number of furan rings is 1. The number of rotatable bonds is 7. The van der Waals surface area contributed by atoms with Gasteiger partial charge in [0.1, 0.15) is 17.3 Å². The molecule has 1 unspecified atom stereocenters. The van der Waals surface area contributed by atoms with E-state index in [1.54, 1.807) is 20.5 Å². The van der Waals surface area contributed by atoms with Crippen molar-refractivity contribution in [2.75, 3.05) is 32.7 Å². The molecule has 0 radical (unpaired) electrons. The third-order valence-corrected chi connectivity index (χ3v) is 4.67. The molecule has 0 saturated carbocycles. The van der Waals surface area contributed by atoms with Crippen molar-refractivity contribution in [3.8, 4) is 11.5 Å². The predicted molar refractivity (Wildman–Crippen MR) is 104 cm³/mol. The fraction of sp³-hybridized carbons (Fsp3) is 0.421. The smallest absolute Gasteiger partial charge is 0.174 e. The van der Waals surface area contributed by atoms with E-state index in [0.717, 1.165) is 36.6 Å². The Balaban J connectivity index is 1.73. The van der Waals surface area contributed by atoms with Crippen LogP contribution in [0.3, 0.4) is 0 Å². The van der Waals surface area contributed by atoms with Crippen molar-refractivity contribution in [1.82, 2.24) is 4.90 Å². The summed E-state index contributed by atoms with van der Waals surface area (Å²) in [4.78, 5) is 2.06. The molecular weight excluding hydrogens is 352 g/mol. The third-order valence-electron chi connectivity index (χ3n) is 4.31. The molecule has 26 heavy (non-hydrogen) atoms. The van der Waals surface area contributed by atoms with Gasteiger partial charge in [-0.3, -0.25) is 0 Å². The summed E-state index contributed by atoms with van der Waals surface area (Å²) < 4.78 is 22.0. The Hall–Kier alpha value is -2.25. The van der Waals surface area contributed by atoms with Gasteiger partial charge >= 0.3 is 0 Å².